The zero-order chi connectivity index (χ0) is 29.0. The molecule has 1 aliphatic rings. The third kappa shape index (κ3) is 3.79. The van der Waals surface area contributed by atoms with E-state index in [1.807, 2.05) is 0 Å². The van der Waals surface area contributed by atoms with Crippen molar-refractivity contribution in [2.45, 2.75) is 12.8 Å². The average molecular weight is 564 g/mol. The second-order valence-corrected chi connectivity index (χ2v) is 11.5. The summed E-state index contributed by atoms with van der Waals surface area (Å²) in [6, 6.07) is 45.8. The Morgan fingerprint density at radius 3 is 2.14 bits per heavy atom. The lowest BCUT2D eigenvalue weighted by Gasteiger charge is -2.14. The summed E-state index contributed by atoms with van der Waals surface area (Å²) < 4.78 is 4.81. The molecule has 1 aliphatic carbocycles. The predicted octanol–water partition coefficient (Wildman–Crippen LogP) is 10.8. The maximum atomic E-state index is 5.10. The monoisotopic (exact) mass is 563 g/mol. The van der Waals surface area contributed by atoms with Crippen molar-refractivity contribution < 1.29 is 0 Å². The van der Waals surface area contributed by atoms with Crippen LogP contribution in [-0.2, 0) is 0 Å². The summed E-state index contributed by atoms with van der Waals surface area (Å²) >= 11 is 0. The molecule has 0 fully saturated rings. The molecule has 0 bridgehead atoms. The second kappa shape index (κ2) is 9.96. The van der Waals surface area contributed by atoms with E-state index in [4.69, 9.17) is 4.98 Å². The van der Waals surface area contributed by atoms with Crippen molar-refractivity contribution in [2.75, 3.05) is 0 Å². The van der Waals surface area contributed by atoms with Crippen LogP contribution in [0, 0.1) is 0 Å². The third-order valence-electron chi connectivity index (χ3n) is 9.02. The first kappa shape index (κ1) is 24.9. The maximum Gasteiger partial charge on any atom is 0.0725 e. The summed E-state index contributed by atoms with van der Waals surface area (Å²) in [4.78, 5) is 5.10. The van der Waals surface area contributed by atoms with Gasteiger partial charge in [-0.05, 0) is 60.9 Å². The van der Waals surface area contributed by atoms with E-state index in [1.165, 1.54) is 54.9 Å². The van der Waals surface area contributed by atoms with Crippen LogP contribution in [0.3, 0.4) is 0 Å². The van der Waals surface area contributed by atoms with Gasteiger partial charge in [-0.2, -0.15) is 0 Å². The van der Waals surface area contributed by atoms with Gasteiger partial charge in [-0.25, -0.2) is 0 Å². The Balaban J connectivity index is 1.29. The van der Waals surface area contributed by atoms with Crippen LogP contribution in [0.25, 0.3) is 77.4 Å². The molecular formula is C41H29N3. The van der Waals surface area contributed by atoms with Crippen LogP contribution in [-0.4, -0.2) is 14.1 Å². The normalized spacial score (nSPS) is 13.3. The van der Waals surface area contributed by atoms with Crippen LogP contribution in [0.5, 0.6) is 0 Å². The first-order valence-corrected chi connectivity index (χ1v) is 15.3. The second-order valence-electron chi connectivity index (χ2n) is 11.5. The third-order valence-corrected chi connectivity index (χ3v) is 9.02. The lowest BCUT2D eigenvalue weighted by molar-refractivity contribution is 0.979. The summed E-state index contributed by atoms with van der Waals surface area (Å²) in [7, 11) is 0. The number of fused-ring (bicyclic) bond motifs is 6. The highest BCUT2D eigenvalue weighted by molar-refractivity contribution is 6.15. The number of hydrogen-bond donors (Lipinski definition) is 0. The van der Waals surface area contributed by atoms with Crippen LogP contribution in [0.4, 0.5) is 0 Å². The predicted molar refractivity (Wildman–Crippen MR) is 185 cm³/mol. The Hall–Kier alpha value is -5.67. The molecule has 3 heteroatoms. The fourth-order valence-electron chi connectivity index (χ4n) is 7.04. The zero-order valence-corrected chi connectivity index (χ0v) is 24.2. The number of aromatic nitrogens is 3. The lowest BCUT2D eigenvalue weighted by atomic mass is 10.0. The summed E-state index contributed by atoms with van der Waals surface area (Å²) in [5.74, 6) is 0. The van der Waals surface area contributed by atoms with Crippen LogP contribution in [0.1, 0.15) is 12.8 Å². The van der Waals surface area contributed by atoms with Gasteiger partial charge in [-0.1, -0.05) is 103 Å². The van der Waals surface area contributed by atoms with Crippen molar-refractivity contribution >= 4 is 49.3 Å². The standard InChI is InChI=1S/C41H29N3/c1-4-13-28(14-5-1)32-20-12-21-34-36-26-37(42-27-40(36)44(41(32)34)31-17-8-3-9-18-31)29-23-24-39-35(25-29)33-19-10-11-22-38(33)43(39)30-15-6-2-7-16-30/h1-6,8-15,17-27H,7,16H2. The molecule has 3 aromatic heterocycles. The van der Waals surface area contributed by atoms with E-state index >= 15 is 0 Å². The molecule has 3 heterocycles. The van der Waals surface area contributed by atoms with Crippen LogP contribution < -0.4 is 0 Å². The summed E-state index contributed by atoms with van der Waals surface area (Å²) in [6.45, 7) is 0. The van der Waals surface area contributed by atoms with Gasteiger partial charge in [0.25, 0.3) is 0 Å². The van der Waals surface area contributed by atoms with E-state index in [-0.39, 0.29) is 0 Å². The van der Waals surface area contributed by atoms with Crippen molar-refractivity contribution in [3.8, 4) is 28.1 Å². The number of allylic oxidation sites excluding steroid dienone is 4. The molecule has 0 radical (unpaired) electrons. The van der Waals surface area contributed by atoms with E-state index in [9.17, 15) is 0 Å². The molecule has 0 atom stereocenters. The van der Waals surface area contributed by atoms with Gasteiger partial charge in [0.15, 0.2) is 0 Å². The highest BCUT2D eigenvalue weighted by Gasteiger charge is 2.19. The van der Waals surface area contributed by atoms with Gasteiger partial charge in [0.1, 0.15) is 0 Å². The Morgan fingerprint density at radius 2 is 1.30 bits per heavy atom. The first-order valence-electron chi connectivity index (χ1n) is 15.3. The summed E-state index contributed by atoms with van der Waals surface area (Å²) in [5.41, 5.74) is 11.8. The molecule has 3 nitrogen and oxygen atoms in total. The van der Waals surface area contributed by atoms with Crippen LogP contribution >= 0.6 is 0 Å². The van der Waals surface area contributed by atoms with Gasteiger partial charge < -0.3 is 9.13 Å². The molecule has 0 unspecified atom stereocenters. The maximum absolute atomic E-state index is 5.10. The van der Waals surface area contributed by atoms with Gasteiger partial charge in [0.05, 0.1) is 34.0 Å². The number of nitrogens with zero attached hydrogens (tertiary/aromatic N) is 3. The van der Waals surface area contributed by atoms with Crippen molar-refractivity contribution in [1.82, 2.24) is 14.1 Å². The molecule has 5 aromatic carbocycles. The quantitative estimate of drug-likeness (QED) is 0.209. The molecule has 44 heavy (non-hydrogen) atoms. The minimum absolute atomic E-state index is 0.980. The minimum Gasteiger partial charge on any atom is -0.313 e. The van der Waals surface area contributed by atoms with E-state index in [2.05, 4.69) is 161 Å². The Labute approximate surface area is 255 Å². The molecule has 0 N–H and O–H groups in total. The zero-order valence-electron chi connectivity index (χ0n) is 24.2. The largest absolute Gasteiger partial charge is 0.313 e. The van der Waals surface area contributed by atoms with Gasteiger partial charge >= 0.3 is 0 Å². The van der Waals surface area contributed by atoms with Crippen molar-refractivity contribution in [2.24, 2.45) is 0 Å². The highest BCUT2D eigenvalue weighted by Crippen LogP contribution is 2.40. The Morgan fingerprint density at radius 1 is 0.545 bits per heavy atom. The molecule has 9 rings (SSSR count). The molecule has 0 amide bonds. The average Bonchev–Trinajstić information content (AvgIpc) is 3.62. The van der Waals surface area contributed by atoms with Gasteiger partial charge in [0, 0.05) is 44.1 Å². The first-order chi connectivity index (χ1) is 21.8. The Bertz CT molecular complexity index is 2420. The van der Waals surface area contributed by atoms with Crippen molar-refractivity contribution in [3.63, 3.8) is 0 Å². The van der Waals surface area contributed by atoms with Crippen molar-refractivity contribution in [3.05, 3.63) is 152 Å². The number of para-hydroxylation sites is 3. The lowest BCUT2D eigenvalue weighted by Crippen LogP contribution is -1.98. The molecule has 0 saturated carbocycles. The van der Waals surface area contributed by atoms with Crippen molar-refractivity contribution in [1.29, 1.82) is 0 Å². The molecule has 8 aromatic rings. The summed E-state index contributed by atoms with van der Waals surface area (Å²) in [5, 5.41) is 4.96. The molecule has 208 valence electrons. The number of rotatable bonds is 4. The number of hydrogen-bond acceptors (Lipinski definition) is 1. The van der Waals surface area contributed by atoms with Crippen LogP contribution in [0.15, 0.2) is 152 Å². The highest BCUT2D eigenvalue weighted by atomic mass is 15.0. The van der Waals surface area contributed by atoms with E-state index < -0.39 is 0 Å². The molecule has 0 aliphatic heterocycles. The topological polar surface area (TPSA) is 22.8 Å². The Kier molecular flexibility index (Phi) is 5.63. The van der Waals surface area contributed by atoms with E-state index in [0.717, 1.165) is 35.3 Å². The fraction of sp³-hybridized carbons (Fsp3) is 0.0488. The van der Waals surface area contributed by atoms with E-state index in [0.29, 0.717) is 0 Å². The smallest absolute Gasteiger partial charge is 0.0725 e. The van der Waals surface area contributed by atoms with E-state index in [1.54, 1.807) is 0 Å². The minimum atomic E-state index is 0.980. The van der Waals surface area contributed by atoms with Crippen LogP contribution in [0.2, 0.25) is 0 Å². The molecule has 0 spiro atoms. The van der Waals surface area contributed by atoms with Gasteiger partial charge in [0.2, 0.25) is 0 Å². The molecular weight excluding hydrogens is 534 g/mol. The molecule has 0 saturated heterocycles. The summed E-state index contributed by atoms with van der Waals surface area (Å²) in [6.07, 6.45) is 10.9. The van der Waals surface area contributed by atoms with Gasteiger partial charge in [-0.3, -0.25) is 4.98 Å². The van der Waals surface area contributed by atoms with Gasteiger partial charge in [-0.15, -0.1) is 0 Å². The SMILES string of the molecule is C1=CCCC(n2c3ccccc3c3cc(-c4cc5c6cccc(-c7ccccc7)c6n(-c6ccccc6)c5cn4)ccc32)=C1. The number of benzene rings is 5. The fourth-order valence-corrected chi connectivity index (χ4v) is 7.04. The number of pyridine rings is 1.